The second-order valence-electron chi connectivity index (χ2n) is 5.35. The van der Waals surface area contributed by atoms with Crippen molar-refractivity contribution >= 4 is 34.1 Å². The molecule has 0 aliphatic rings. The maximum atomic E-state index is 10.9. The standard InChI is InChI=1S/C18H13N5O/c19-16(24)6-5-12-8-21-18-17(12)23-15(10-22-18)13-7-11-3-1-2-4-14(11)20-9-13/h1-10H,(H2,19,24)(H,21,22)/b6-5+. The Kier molecular flexibility index (Phi) is 3.28. The lowest BCUT2D eigenvalue weighted by molar-refractivity contribution is -0.113. The van der Waals surface area contributed by atoms with Crippen molar-refractivity contribution in [3.8, 4) is 11.3 Å². The van der Waals surface area contributed by atoms with E-state index in [0.29, 0.717) is 16.9 Å². The third-order valence-corrected chi connectivity index (χ3v) is 3.72. The first-order valence-corrected chi connectivity index (χ1v) is 7.37. The Bertz CT molecular complexity index is 1100. The number of hydrogen-bond acceptors (Lipinski definition) is 4. The minimum atomic E-state index is -0.507. The molecule has 6 heteroatoms. The van der Waals surface area contributed by atoms with Gasteiger partial charge in [-0.05, 0) is 18.2 Å². The lowest BCUT2D eigenvalue weighted by Crippen LogP contribution is -2.05. The van der Waals surface area contributed by atoms with Crippen LogP contribution in [-0.4, -0.2) is 25.8 Å². The highest BCUT2D eigenvalue weighted by molar-refractivity contribution is 5.94. The normalized spacial score (nSPS) is 11.5. The summed E-state index contributed by atoms with van der Waals surface area (Å²) in [5, 5.41) is 1.04. The Morgan fingerprint density at radius 2 is 2.04 bits per heavy atom. The summed E-state index contributed by atoms with van der Waals surface area (Å²) in [6, 6.07) is 9.94. The zero-order valence-corrected chi connectivity index (χ0v) is 12.6. The highest BCUT2D eigenvalue weighted by atomic mass is 16.1. The van der Waals surface area contributed by atoms with Gasteiger partial charge in [0.05, 0.1) is 17.4 Å². The van der Waals surface area contributed by atoms with Crippen LogP contribution >= 0.6 is 0 Å². The van der Waals surface area contributed by atoms with Gasteiger partial charge in [-0.25, -0.2) is 9.97 Å². The number of amides is 1. The highest BCUT2D eigenvalue weighted by Gasteiger charge is 2.08. The van der Waals surface area contributed by atoms with Crippen molar-refractivity contribution < 1.29 is 4.79 Å². The lowest BCUT2D eigenvalue weighted by Gasteiger charge is -2.03. The molecule has 3 N–H and O–H groups in total. The quantitative estimate of drug-likeness (QED) is 0.568. The van der Waals surface area contributed by atoms with Crippen LogP contribution < -0.4 is 5.73 Å². The summed E-state index contributed by atoms with van der Waals surface area (Å²) in [4.78, 5) is 27.5. The minimum Gasteiger partial charge on any atom is -0.366 e. The number of aromatic nitrogens is 4. The molecular formula is C18H13N5O. The van der Waals surface area contributed by atoms with Crippen molar-refractivity contribution in [2.45, 2.75) is 0 Å². The molecule has 0 aliphatic carbocycles. The Labute approximate surface area is 137 Å². The Morgan fingerprint density at radius 3 is 2.92 bits per heavy atom. The van der Waals surface area contributed by atoms with Crippen LogP contribution in [0, 0.1) is 0 Å². The van der Waals surface area contributed by atoms with Crippen LogP contribution in [0.5, 0.6) is 0 Å². The molecule has 0 unspecified atom stereocenters. The van der Waals surface area contributed by atoms with E-state index in [1.165, 1.54) is 6.08 Å². The summed E-state index contributed by atoms with van der Waals surface area (Å²) in [5.41, 5.74) is 9.76. The number of fused-ring (bicyclic) bond motifs is 2. The van der Waals surface area contributed by atoms with Crippen molar-refractivity contribution in [3.63, 3.8) is 0 Å². The number of pyridine rings is 1. The number of hydrogen-bond donors (Lipinski definition) is 2. The predicted molar refractivity (Wildman–Crippen MR) is 92.9 cm³/mol. The van der Waals surface area contributed by atoms with E-state index in [1.807, 2.05) is 30.3 Å². The molecule has 24 heavy (non-hydrogen) atoms. The average Bonchev–Trinajstić information content (AvgIpc) is 3.01. The molecule has 6 nitrogen and oxygen atoms in total. The topological polar surface area (TPSA) is 97.6 Å². The van der Waals surface area contributed by atoms with E-state index < -0.39 is 5.91 Å². The molecule has 3 heterocycles. The van der Waals surface area contributed by atoms with Crippen LogP contribution in [0.1, 0.15) is 5.56 Å². The zero-order valence-electron chi connectivity index (χ0n) is 12.6. The van der Waals surface area contributed by atoms with E-state index >= 15 is 0 Å². The molecule has 0 fully saturated rings. The number of H-pyrrole nitrogens is 1. The number of nitrogens with zero attached hydrogens (tertiary/aromatic N) is 3. The van der Waals surface area contributed by atoms with Gasteiger partial charge < -0.3 is 10.7 Å². The molecule has 0 atom stereocenters. The molecule has 0 spiro atoms. The van der Waals surface area contributed by atoms with Crippen LogP contribution in [-0.2, 0) is 4.79 Å². The van der Waals surface area contributed by atoms with E-state index in [4.69, 9.17) is 5.73 Å². The fourth-order valence-electron chi connectivity index (χ4n) is 2.56. The molecule has 4 rings (SSSR count). The number of aromatic amines is 1. The maximum absolute atomic E-state index is 10.9. The molecule has 116 valence electrons. The van der Waals surface area contributed by atoms with Crippen LogP contribution in [0.25, 0.3) is 39.4 Å². The van der Waals surface area contributed by atoms with E-state index in [2.05, 4.69) is 19.9 Å². The third-order valence-electron chi connectivity index (χ3n) is 3.72. The smallest absolute Gasteiger partial charge is 0.241 e. The monoisotopic (exact) mass is 315 g/mol. The molecule has 0 bridgehead atoms. The largest absolute Gasteiger partial charge is 0.366 e. The van der Waals surface area contributed by atoms with Gasteiger partial charge in [0.15, 0.2) is 5.65 Å². The Morgan fingerprint density at radius 1 is 1.17 bits per heavy atom. The van der Waals surface area contributed by atoms with Gasteiger partial charge in [0.2, 0.25) is 5.91 Å². The highest BCUT2D eigenvalue weighted by Crippen LogP contribution is 2.23. The molecule has 0 radical (unpaired) electrons. The lowest BCUT2D eigenvalue weighted by atomic mass is 10.1. The van der Waals surface area contributed by atoms with Gasteiger partial charge in [0, 0.05) is 35.0 Å². The fraction of sp³-hybridized carbons (Fsp3) is 0. The van der Waals surface area contributed by atoms with Gasteiger partial charge in [-0.2, -0.15) is 0 Å². The van der Waals surface area contributed by atoms with E-state index in [0.717, 1.165) is 22.0 Å². The molecule has 0 saturated heterocycles. The van der Waals surface area contributed by atoms with E-state index in [9.17, 15) is 4.79 Å². The number of nitrogens with two attached hydrogens (primary N) is 1. The van der Waals surface area contributed by atoms with Gasteiger partial charge in [-0.3, -0.25) is 9.78 Å². The number of primary amides is 1. The van der Waals surface area contributed by atoms with Gasteiger partial charge in [0.1, 0.15) is 5.52 Å². The van der Waals surface area contributed by atoms with Crippen LogP contribution in [0.4, 0.5) is 0 Å². The summed E-state index contributed by atoms with van der Waals surface area (Å²) in [5.74, 6) is -0.507. The molecule has 1 aromatic carbocycles. The Hall–Kier alpha value is -3.54. The molecule has 1 amide bonds. The van der Waals surface area contributed by atoms with E-state index in [-0.39, 0.29) is 0 Å². The minimum absolute atomic E-state index is 0.507. The first-order valence-electron chi connectivity index (χ1n) is 7.37. The fourth-order valence-corrected chi connectivity index (χ4v) is 2.56. The summed E-state index contributed by atoms with van der Waals surface area (Å²) in [6.07, 6.45) is 8.15. The molecule has 0 aliphatic heterocycles. The summed E-state index contributed by atoms with van der Waals surface area (Å²) >= 11 is 0. The first kappa shape index (κ1) is 14.1. The second kappa shape index (κ2) is 5.58. The van der Waals surface area contributed by atoms with Gasteiger partial charge >= 0.3 is 0 Å². The van der Waals surface area contributed by atoms with Gasteiger partial charge in [0.25, 0.3) is 0 Å². The molecule has 0 saturated carbocycles. The maximum Gasteiger partial charge on any atom is 0.241 e. The van der Waals surface area contributed by atoms with Crippen LogP contribution in [0.3, 0.4) is 0 Å². The zero-order chi connectivity index (χ0) is 16.5. The average molecular weight is 315 g/mol. The molecular weight excluding hydrogens is 302 g/mol. The summed E-state index contributed by atoms with van der Waals surface area (Å²) in [6.45, 7) is 0. The first-order chi connectivity index (χ1) is 11.7. The van der Waals surface area contributed by atoms with Gasteiger partial charge in [-0.1, -0.05) is 18.2 Å². The third kappa shape index (κ3) is 2.50. The number of para-hydroxylation sites is 1. The van der Waals surface area contributed by atoms with Crippen molar-refractivity contribution in [1.82, 2.24) is 19.9 Å². The van der Waals surface area contributed by atoms with Crippen LogP contribution in [0.15, 0.2) is 55.0 Å². The van der Waals surface area contributed by atoms with Crippen LogP contribution in [0.2, 0.25) is 0 Å². The van der Waals surface area contributed by atoms with Gasteiger partial charge in [-0.15, -0.1) is 0 Å². The van der Waals surface area contributed by atoms with Crippen molar-refractivity contribution in [3.05, 3.63) is 60.6 Å². The summed E-state index contributed by atoms with van der Waals surface area (Å²) < 4.78 is 0. The molecule has 3 aromatic heterocycles. The molecule has 4 aromatic rings. The summed E-state index contributed by atoms with van der Waals surface area (Å²) in [7, 11) is 0. The van der Waals surface area contributed by atoms with Crippen molar-refractivity contribution in [2.24, 2.45) is 5.73 Å². The number of nitrogens with one attached hydrogen (secondary N) is 1. The number of benzene rings is 1. The second-order valence-corrected chi connectivity index (χ2v) is 5.35. The van der Waals surface area contributed by atoms with Crippen molar-refractivity contribution in [2.75, 3.05) is 0 Å². The van der Waals surface area contributed by atoms with E-state index in [1.54, 1.807) is 24.7 Å². The number of carbonyl (C=O) groups is 1. The predicted octanol–water partition coefficient (Wildman–Crippen LogP) is 2.67. The number of carbonyl (C=O) groups excluding carboxylic acids is 1. The van der Waals surface area contributed by atoms with Crippen molar-refractivity contribution in [1.29, 1.82) is 0 Å². The Balaban J connectivity index is 1.83. The SMILES string of the molecule is NC(=O)/C=C/c1c[nH]c2ncc(-c3cnc4ccccc4c3)nc12. The number of rotatable bonds is 3.